The van der Waals surface area contributed by atoms with E-state index in [1.54, 1.807) is 18.1 Å². The van der Waals surface area contributed by atoms with Gasteiger partial charge in [0.2, 0.25) is 0 Å². The van der Waals surface area contributed by atoms with Crippen molar-refractivity contribution in [3.05, 3.63) is 23.3 Å². The van der Waals surface area contributed by atoms with Crippen molar-refractivity contribution in [3.8, 4) is 0 Å². The number of esters is 1. The van der Waals surface area contributed by atoms with Gasteiger partial charge in [-0.3, -0.25) is 4.79 Å². The topological polar surface area (TPSA) is 26.3 Å². The highest BCUT2D eigenvalue weighted by Gasteiger charge is 2.58. The zero-order valence-electron chi connectivity index (χ0n) is 21.0. The highest BCUT2D eigenvalue weighted by atomic mass is 16.5. The lowest BCUT2D eigenvalue weighted by Gasteiger charge is -2.58. The van der Waals surface area contributed by atoms with Crippen molar-refractivity contribution in [1.29, 1.82) is 0 Å². The molecular weight excluding hydrogens is 380 g/mol. The van der Waals surface area contributed by atoms with Gasteiger partial charge < -0.3 is 4.74 Å². The zero-order chi connectivity index (χ0) is 22.4. The maximum Gasteiger partial charge on any atom is 0.302 e. The van der Waals surface area contributed by atoms with Gasteiger partial charge in [-0.2, -0.15) is 0 Å². The average molecular weight is 427 g/mol. The SMILES string of the molecule is CC(=O)OC1CCC2(C)C(=CCC3C2CCC2(C)C(/C(C)=C/CCC(C)C)CCC32)C1. The number of rotatable bonds is 5. The molecule has 0 bridgehead atoms. The summed E-state index contributed by atoms with van der Waals surface area (Å²) < 4.78 is 5.61. The summed E-state index contributed by atoms with van der Waals surface area (Å²) >= 11 is 0. The third-order valence-corrected chi connectivity index (χ3v) is 10.2. The normalized spacial score (nSPS) is 42.5. The van der Waals surface area contributed by atoms with E-state index < -0.39 is 0 Å². The molecule has 2 nitrogen and oxygen atoms in total. The van der Waals surface area contributed by atoms with Gasteiger partial charge in [-0.05, 0) is 105 Å². The molecule has 0 radical (unpaired) electrons. The van der Waals surface area contributed by atoms with Crippen LogP contribution < -0.4 is 0 Å². The Hall–Kier alpha value is -1.05. The third-order valence-electron chi connectivity index (χ3n) is 10.2. The smallest absolute Gasteiger partial charge is 0.302 e. The summed E-state index contributed by atoms with van der Waals surface area (Å²) in [6.45, 7) is 13.8. The predicted molar refractivity (Wildman–Crippen MR) is 129 cm³/mol. The molecule has 7 atom stereocenters. The fraction of sp³-hybridized carbons (Fsp3) is 0.828. The molecule has 3 fully saturated rings. The lowest BCUT2D eigenvalue weighted by atomic mass is 9.47. The van der Waals surface area contributed by atoms with E-state index in [1.165, 1.54) is 51.4 Å². The van der Waals surface area contributed by atoms with Crippen LogP contribution in [0.3, 0.4) is 0 Å². The number of fused-ring (bicyclic) bond motifs is 5. The molecule has 0 heterocycles. The molecule has 0 saturated heterocycles. The van der Waals surface area contributed by atoms with Crippen molar-refractivity contribution >= 4 is 5.97 Å². The van der Waals surface area contributed by atoms with Gasteiger partial charge in [0.25, 0.3) is 0 Å². The van der Waals surface area contributed by atoms with Crippen molar-refractivity contribution in [1.82, 2.24) is 0 Å². The summed E-state index contributed by atoms with van der Waals surface area (Å²) in [7, 11) is 0. The Balaban J connectivity index is 1.50. The Morgan fingerprint density at radius 1 is 1.13 bits per heavy atom. The molecule has 0 aromatic rings. The Morgan fingerprint density at radius 3 is 2.61 bits per heavy atom. The van der Waals surface area contributed by atoms with E-state index in [2.05, 4.69) is 46.8 Å². The van der Waals surface area contributed by atoms with E-state index in [0.717, 1.165) is 42.4 Å². The molecule has 3 saturated carbocycles. The maximum absolute atomic E-state index is 11.5. The van der Waals surface area contributed by atoms with Crippen LogP contribution in [0.1, 0.15) is 106 Å². The van der Waals surface area contributed by atoms with Crippen molar-refractivity contribution < 1.29 is 9.53 Å². The van der Waals surface area contributed by atoms with E-state index in [1.807, 2.05) is 0 Å². The van der Waals surface area contributed by atoms with Gasteiger partial charge in [-0.1, -0.05) is 51.0 Å². The minimum atomic E-state index is -0.120. The van der Waals surface area contributed by atoms with E-state index in [0.29, 0.717) is 10.8 Å². The highest BCUT2D eigenvalue weighted by Crippen LogP contribution is 2.67. The molecule has 0 aromatic carbocycles. The Morgan fingerprint density at radius 2 is 1.90 bits per heavy atom. The second-order valence-electron chi connectivity index (χ2n) is 12.3. The molecule has 4 rings (SSSR count). The van der Waals surface area contributed by atoms with Crippen LogP contribution in [0.15, 0.2) is 23.3 Å². The largest absolute Gasteiger partial charge is 0.462 e. The molecule has 4 aliphatic carbocycles. The second-order valence-corrected chi connectivity index (χ2v) is 12.3. The first-order valence-corrected chi connectivity index (χ1v) is 13.2. The molecule has 4 aliphatic rings. The lowest BCUT2D eigenvalue weighted by Crippen LogP contribution is -2.50. The Labute approximate surface area is 191 Å². The van der Waals surface area contributed by atoms with E-state index in [9.17, 15) is 4.79 Å². The highest BCUT2D eigenvalue weighted by molar-refractivity contribution is 5.66. The Bertz CT molecular complexity index is 746. The van der Waals surface area contributed by atoms with Gasteiger partial charge in [0.05, 0.1) is 0 Å². The van der Waals surface area contributed by atoms with Crippen LogP contribution in [0.2, 0.25) is 0 Å². The van der Waals surface area contributed by atoms with Crippen LogP contribution in [0.25, 0.3) is 0 Å². The van der Waals surface area contributed by atoms with Gasteiger partial charge in [-0.15, -0.1) is 0 Å². The quantitative estimate of drug-likeness (QED) is 0.330. The Kier molecular flexibility index (Phi) is 6.50. The van der Waals surface area contributed by atoms with Gasteiger partial charge in [-0.25, -0.2) is 0 Å². The minimum Gasteiger partial charge on any atom is -0.462 e. The molecule has 0 amide bonds. The van der Waals surface area contributed by atoms with Crippen LogP contribution in [0.4, 0.5) is 0 Å². The number of allylic oxidation sites excluding steroid dienone is 3. The summed E-state index contributed by atoms with van der Waals surface area (Å²) in [5.41, 5.74) is 4.12. The van der Waals surface area contributed by atoms with E-state index >= 15 is 0 Å². The van der Waals surface area contributed by atoms with Gasteiger partial charge in [0, 0.05) is 13.3 Å². The maximum atomic E-state index is 11.5. The first-order chi connectivity index (χ1) is 14.6. The fourth-order valence-corrected chi connectivity index (χ4v) is 8.50. The van der Waals surface area contributed by atoms with E-state index in [4.69, 9.17) is 4.74 Å². The molecule has 174 valence electrons. The molecule has 0 spiro atoms. The molecule has 7 unspecified atom stereocenters. The summed E-state index contributed by atoms with van der Waals surface area (Å²) in [5.74, 6) is 4.03. The summed E-state index contributed by atoms with van der Waals surface area (Å²) in [4.78, 5) is 11.5. The number of ether oxygens (including phenoxy) is 1. The zero-order valence-corrected chi connectivity index (χ0v) is 21.0. The van der Waals surface area contributed by atoms with Crippen LogP contribution in [0.5, 0.6) is 0 Å². The molecule has 2 heteroatoms. The van der Waals surface area contributed by atoms with Crippen molar-refractivity contribution in [2.75, 3.05) is 0 Å². The third kappa shape index (κ3) is 4.18. The minimum absolute atomic E-state index is 0.108. The predicted octanol–water partition coefficient (Wildman–Crippen LogP) is 7.88. The summed E-state index contributed by atoms with van der Waals surface area (Å²) in [5, 5.41) is 0. The first kappa shape index (κ1) is 23.1. The number of carbonyl (C=O) groups is 1. The van der Waals surface area contributed by atoms with E-state index in [-0.39, 0.29) is 12.1 Å². The fourth-order valence-electron chi connectivity index (χ4n) is 8.50. The van der Waals surface area contributed by atoms with Crippen molar-refractivity contribution in [2.45, 2.75) is 112 Å². The second kappa shape index (κ2) is 8.71. The molecule has 0 aliphatic heterocycles. The van der Waals surface area contributed by atoms with Crippen molar-refractivity contribution in [3.63, 3.8) is 0 Å². The average Bonchev–Trinajstić information content (AvgIpc) is 3.05. The molecule has 0 N–H and O–H groups in total. The molecule has 0 aromatic heterocycles. The lowest BCUT2D eigenvalue weighted by molar-refractivity contribution is -0.148. The number of hydrogen-bond donors (Lipinski definition) is 0. The van der Waals surface area contributed by atoms with Crippen molar-refractivity contribution in [2.24, 2.45) is 40.4 Å². The molecule has 31 heavy (non-hydrogen) atoms. The number of carbonyl (C=O) groups excluding carboxylic acids is 1. The summed E-state index contributed by atoms with van der Waals surface area (Å²) in [6, 6.07) is 0. The summed E-state index contributed by atoms with van der Waals surface area (Å²) in [6.07, 6.45) is 17.9. The van der Waals surface area contributed by atoms with Gasteiger partial charge in [0.15, 0.2) is 0 Å². The standard InChI is InChI=1S/C29H46O2/c1-19(2)8-7-9-20(3)25-12-13-26-24-11-10-22-18-23(31-21(4)30)14-16-28(22,5)27(24)15-17-29(25,26)6/h9-10,19,23-27H,7-8,11-18H2,1-6H3/b20-9+. The first-order valence-electron chi connectivity index (χ1n) is 13.2. The van der Waals surface area contributed by atoms with Crippen LogP contribution in [0, 0.1) is 40.4 Å². The van der Waals surface area contributed by atoms with Gasteiger partial charge >= 0.3 is 5.97 Å². The molecular formula is C29H46O2. The van der Waals surface area contributed by atoms with Crippen LogP contribution in [-0.4, -0.2) is 12.1 Å². The number of hydrogen-bond acceptors (Lipinski definition) is 2. The van der Waals surface area contributed by atoms with Crippen LogP contribution in [-0.2, 0) is 9.53 Å². The van der Waals surface area contributed by atoms with Crippen LogP contribution >= 0.6 is 0 Å². The van der Waals surface area contributed by atoms with Gasteiger partial charge in [0.1, 0.15) is 6.10 Å². The monoisotopic (exact) mass is 426 g/mol.